The third-order valence-corrected chi connectivity index (χ3v) is 4.10. The third-order valence-electron chi connectivity index (χ3n) is 4.10. The van der Waals surface area contributed by atoms with Gasteiger partial charge < -0.3 is 15.1 Å². The van der Waals surface area contributed by atoms with Gasteiger partial charge in [0.1, 0.15) is 0 Å². The van der Waals surface area contributed by atoms with Crippen molar-refractivity contribution in [1.82, 2.24) is 20.2 Å². The van der Waals surface area contributed by atoms with Gasteiger partial charge in [0.05, 0.1) is 0 Å². The highest BCUT2D eigenvalue weighted by atomic mass is 15.3. The van der Waals surface area contributed by atoms with E-state index in [2.05, 4.69) is 53.0 Å². The molecule has 2 rings (SSSR count). The predicted molar refractivity (Wildman–Crippen MR) is 83.1 cm³/mol. The molecule has 5 heteroatoms. The third kappa shape index (κ3) is 3.67. The van der Waals surface area contributed by atoms with Crippen molar-refractivity contribution in [2.45, 2.75) is 39.3 Å². The van der Waals surface area contributed by atoms with Crippen LogP contribution < -0.4 is 10.2 Å². The van der Waals surface area contributed by atoms with E-state index < -0.39 is 0 Å². The quantitative estimate of drug-likeness (QED) is 0.882. The van der Waals surface area contributed by atoms with E-state index in [1.54, 1.807) is 0 Å². The van der Waals surface area contributed by atoms with Gasteiger partial charge in [-0.05, 0) is 39.9 Å². The van der Waals surface area contributed by atoms with Crippen LogP contribution in [0.25, 0.3) is 0 Å². The maximum Gasteiger partial charge on any atom is 0.225 e. The Kier molecular flexibility index (Phi) is 5.31. The van der Waals surface area contributed by atoms with Gasteiger partial charge in [-0.2, -0.15) is 0 Å². The number of aromatic nitrogens is 2. The number of anilines is 1. The van der Waals surface area contributed by atoms with Crippen LogP contribution in [0.4, 0.5) is 5.95 Å². The molecule has 1 aliphatic heterocycles. The summed E-state index contributed by atoms with van der Waals surface area (Å²) in [5.41, 5.74) is 2.26. The number of likely N-dealkylation sites (N-methyl/N-ethyl adjacent to an activating group) is 2. The van der Waals surface area contributed by atoms with E-state index in [4.69, 9.17) is 0 Å². The van der Waals surface area contributed by atoms with Crippen LogP contribution in [0.5, 0.6) is 0 Å². The molecule has 1 unspecified atom stereocenters. The van der Waals surface area contributed by atoms with Crippen LogP contribution in [0.1, 0.15) is 31.0 Å². The van der Waals surface area contributed by atoms with E-state index in [1.807, 2.05) is 6.20 Å². The minimum atomic E-state index is 0.521. The Morgan fingerprint density at radius 1 is 1.50 bits per heavy atom. The van der Waals surface area contributed by atoms with Crippen molar-refractivity contribution in [2.75, 3.05) is 38.6 Å². The number of likely N-dealkylation sites (tertiary alicyclic amines) is 1. The number of aryl methyl sites for hydroxylation is 1. The molecule has 0 spiro atoms. The Labute approximate surface area is 122 Å². The van der Waals surface area contributed by atoms with Gasteiger partial charge >= 0.3 is 0 Å². The van der Waals surface area contributed by atoms with Crippen molar-refractivity contribution < 1.29 is 0 Å². The molecule has 1 saturated heterocycles. The van der Waals surface area contributed by atoms with Crippen molar-refractivity contribution >= 4 is 5.95 Å². The fourth-order valence-electron chi connectivity index (χ4n) is 2.70. The van der Waals surface area contributed by atoms with Gasteiger partial charge in [0.2, 0.25) is 5.95 Å². The molecule has 112 valence electrons. The topological polar surface area (TPSA) is 44.3 Å². The summed E-state index contributed by atoms with van der Waals surface area (Å²) in [4.78, 5) is 13.9. The molecule has 0 bridgehead atoms. The van der Waals surface area contributed by atoms with E-state index in [0.29, 0.717) is 6.04 Å². The van der Waals surface area contributed by atoms with Gasteiger partial charge in [0, 0.05) is 43.6 Å². The smallest absolute Gasteiger partial charge is 0.225 e. The Morgan fingerprint density at radius 3 is 2.95 bits per heavy atom. The highest BCUT2D eigenvalue weighted by Gasteiger charge is 2.22. The lowest BCUT2D eigenvalue weighted by Crippen LogP contribution is -2.45. The van der Waals surface area contributed by atoms with Crippen molar-refractivity contribution in [2.24, 2.45) is 0 Å². The van der Waals surface area contributed by atoms with E-state index >= 15 is 0 Å². The Morgan fingerprint density at radius 2 is 2.30 bits per heavy atom. The van der Waals surface area contributed by atoms with Gasteiger partial charge in [0.15, 0.2) is 0 Å². The van der Waals surface area contributed by atoms with Crippen LogP contribution in [-0.2, 0) is 6.54 Å². The number of piperidine rings is 1. The van der Waals surface area contributed by atoms with Crippen LogP contribution in [-0.4, -0.2) is 54.6 Å². The van der Waals surface area contributed by atoms with Gasteiger partial charge in [0.25, 0.3) is 0 Å². The van der Waals surface area contributed by atoms with E-state index in [-0.39, 0.29) is 0 Å². The number of rotatable bonds is 5. The number of hydrogen-bond donors (Lipinski definition) is 1. The second-order valence-electron chi connectivity index (χ2n) is 5.73. The first-order chi connectivity index (χ1) is 9.61. The zero-order valence-electron chi connectivity index (χ0n) is 13.2. The average Bonchev–Trinajstić information content (AvgIpc) is 2.45. The van der Waals surface area contributed by atoms with Crippen molar-refractivity contribution in [3.8, 4) is 0 Å². The predicted octanol–water partition coefficient (Wildman–Crippen LogP) is 1.42. The number of hydrogen-bond acceptors (Lipinski definition) is 5. The van der Waals surface area contributed by atoms with E-state index in [1.165, 1.54) is 24.9 Å². The van der Waals surface area contributed by atoms with Crippen molar-refractivity contribution in [3.63, 3.8) is 0 Å². The molecule has 1 aromatic heterocycles. The summed E-state index contributed by atoms with van der Waals surface area (Å²) >= 11 is 0. The molecule has 0 aliphatic carbocycles. The standard InChI is InChI=1S/C15H27N5/c1-5-16-9-13-10-17-15(18-12(13)2)20(4)14-7-6-8-19(3)11-14/h10,14,16H,5-9,11H2,1-4H3. The molecule has 1 N–H and O–H groups in total. The van der Waals surface area contributed by atoms with Crippen molar-refractivity contribution in [1.29, 1.82) is 0 Å². The van der Waals surface area contributed by atoms with Crippen molar-refractivity contribution in [3.05, 3.63) is 17.5 Å². The highest BCUT2D eigenvalue weighted by Crippen LogP contribution is 2.18. The minimum Gasteiger partial charge on any atom is -0.340 e. The van der Waals surface area contributed by atoms with Gasteiger partial charge in [-0.3, -0.25) is 0 Å². The van der Waals surface area contributed by atoms with E-state index in [0.717, 1.165) is 31.3 Å². The molecule has 1 aliphatic rings. The largest absolute Gasteiger partial charge is 0.340 e. The first-order valence-electron chi connectivity index (χ1n) is 7.56. The molecule has 0 saturated carbocycles. The molecular formula is C15H27N5. The van der Waals surface area contributed by atoms with Crippen LogP contribution in [0, 0.1) is 6.92 Å². The lowest BCUT2D eigenvalue weighted by Gasteiger charge is -2.35. The molecule has 0 aromatic carbocycles. The van der Waals surface area contributed by atoms with Crippen LogP contribution >= 0.6 is 0 Å². The summed E-state index contributed by atoms with van der Waals surface area (Å²) in [6, 6.07) is 0.521. The summed E-state index contributed by atoms with van der Waals surface area (Å²) < 4.78 is 0. The van der Waals surface area contributed by atoms with Crippen LogP contribution in [0.3, 0.4) is 0 Å². The maximum absolute atomic E-state index is 4.68. The summed E-state index contributed by atoms with van der Waals surface area (Å²) in [7, 11) is 4.30. The van der Waals surface area contributed by atoms with Crippen LogP contribution in [0.2, 0.25) is 0 Å². The molecule has 1 fully saturated rings. The minimum absolute atomic E-state index is 0.521. The van der Waals surface area contributed by atoms with E-state index in [9.17, 15) is 0 Å². The number of nitrogens with one attached hydrogen (secondary N) is 1. The first-order valence-corrected chi connectivity index (χ1v) is 7.56. The normalized spacial score (nSPS) is 20.1. The SMILES string of the molecule is CCNCc1cnc(N(C)C2CCCN(C)C2)nc1C. The molecular weight excluding hydrogens is 250 g/mol. The second-order valence-corrected chi connectivity index (χ2v) is 5.73. The lowest BCUT2D eigenvalue weighted by molar-refractivity contribution is 0.247. The molecule has 2 heterocycles. The fraction of sp³-hybridized carbons (Fsp3) is 0.733. The summed E-state index contributed by atoms with van der Waals surface area (Å²) in [6.45, 7) is 8.29. The molecule has 20 heavy (non-hydrogen) atoms. The number of nitrogens with zero attached hydrogens (tertiary/aromatic N) is 4. The highest BCUT2D eigenvalue weighted by molar-refractivity contribution is 5.33. The zero-order valence-corrected chi connectivity index (χ0v) is 13.2. The Balaban J connectivity index is 2.06. The lowest BCUT2D eigenvalue weighted by atomic mass is 10.1. The van der Waals surface area contributed by atoms with Gasteiger partial charge in [-0.25, -0.2) is 9.97 Å². The summed E-state index contributed by atoms with van der Waals surface area (Å²) in [5, 5.41) is 3.32. The molecule has 0 amide bonds. The average molecular weight is 277 g/mol. The molecule has 0 radical (unpaired) electrons. The molecule has 1 atom stereocenters. The molecule has 1 aromatic rings. The Hall–Kier alpha value is -1.20. The molecule has 5 nitrogen and oxygen atoms in total. The van der Waals surface area contributed by atoms with Gasteiger partial charge in [-0.15, -0.1) is 0 Å². The van der Waals surface area contributed by atoms with Crippen LogP contribution in [0.15, 0.2) is 6.20 Å². The fourth-order valence-corrected chi connectivity index (χ4v) is 2.70. The monoisotopic (exact) mass is 277 g/mol. The summed E-state index contributed by atoms with van der Waals surface area (Å²) in [5.74, 6) is 0.850. The second kappa shape index (κ2) is 6.99. The van der Waals surface area contributed by atoms with Gasteiger partial charge in [-0.1, -0.05) is 6.92 Å². The Bertz CT molecular complexity index is 434. The maximum atomic E-state index is 4.68. The zero-order chi connectivity index (χ0) is 14.5. The first kappa shape index (κ1) is 15.2. The summed E-state index contributed by atoms with van der Waals surface area (Å²) in [6.07, 6.45) is 4.44.